The van der Waals surface area contributed by atoms with Gasteiger partial charge in [0.15, 0.2) is 23.2 Å². The first-order valence-corrected chi connectivity index (χ1v) is 9.93. The third-order valence-electron chi connectivity index (χ3n) is 5.16. The smallest absolute Gasteiger partial charge is 0.250 e. The minimum Gasteiger partial charge on any atom is -0.493 e. The third-order valence-corrected chi connectivity index (χ3v) is 5.16. The predicted octanol–water partition coefficient (Wildman–Crippen LogP) is 4.07. The second-order valence-electron chi connectivity index (χ2n) is 7.47. The van der Waals surface area contributed by atoms with Crippen LogP contribution in [0.4, 0.5) is 8.78 Å². The highest BCUT2D eigenvalue weighted by molar-refractivity contribution is 5.98. The number of aromatic nitrogens is 3. The highest BCUT2D eigenvalue weighted by atomic mass is 19.2. The zero-order valence-corrected chi connectivity index (χ0v) is 17.3. The summed E-state index contributed by atoms with van der Waals surface area (Å²) >= 11 is 0. The summed E-state index contributed by atoms with van der Waals surface area (Å²) in [5, 5.41) is 0. The van der Waals surface area contributed by atoms with Gasteiger partial charge in [-0.05, 0) is 55.2 Å². The molecule has 0 spiro atoms. The molecule has 1 saturated heterocycles. The number of pyridine rings is 1. The minimum atomic E-state index is -0.913. The average molecular weight is 424 g/mol. The van der Waals surface area contributed by atoms with Gasteiger partial charge < -0.3 is 9.64 Å². The quantitative estimate of drug-likeness (QED) is 0.580. The number of methoxy groups -OCH3 is 1. The van der Waals surface area contributed by atoms with Crippen LogP contribution in [-0.4, -0.2) is 39.0 Å². The van der Waals surface area contributed by atoms with Crippen LogP contribution in [0.15, 0.2) is 48.6 Å². The molecule has 2 aromatic heterocycles. The number of aryl methyl sites for hydroxylation is 1. The lowest BCUT2D eigenvalue weighted by Gasteiger charge is -2.28. The Morgan fingerprint density at radius 2 is 2.03 bits per heavy atom. The average Bonchev–Trinajstić information content (AvgIpc) is 3.19. The maximum atomic E-state index is 13.5. The van der Waals surface area contributed by atoms with Crippen LogP contribution in [0, 0.1) is 18.6 Å². The van der Waals surface area contributed by atoms with Gasteiger partial charge in [0, 0.05) is 31.1 Å². The summed E-state index contributed by atoms with van der Waals surface area (Å²) < 4.78 is 33.9. The van der Waals surface area contributed by atoms with Crippen molar-refractivity contribution in [1.82, 2.24) is 19.4 Å². The van der Waals surface area contributed by atoms with Gasteiger partial charge in [0.05, 0.1) is 12.8 Å². The Bertz CT molecular complexity index is 1160. The van der Waals surface area contributed by atoms with Crippen molar-refractivity contribution < 1.29 is 18.3 Å². The fourth-order valence-electron chi connectivity index (χ4n) is 3.63. The van der Waals surface area contributed by atoms with Crippen LogP contribution in [-0.2, 0) is 11.3 Å². The Labute approximate surface area is 178 Å². The number of carbonyl (C=O) groups excluding carboxylic acids is 1. The van der Waals surface area contributed by atoms with Crippen LogP contribution in [0.5, 0.6) is 5.75 Å². The molecule has 1 aliphatic rings. The maximum Gasteiger partial charge on any atom is 0.250 e. The lowest BCUT2D eigenvalue weighted by Crippen LogP contribution is -2.36. The number of halogens is 2. The molecule has 1 aromatic carbocycles. The van der Waals surface area contributed by atoms with E-state index in [0.717, 1.165) is 29.8 Å². The first kappa shape index (κ1) is 20.7. The fourth-order valence-corrected chi connectivity index (χ4v) is 3.63. The summed E-state index contributed by atoms with van der Waals surface area (Å²) in [6.45, 7) is 2.69. The SMILES string of the molecule is COc1cc(C=C2CCCN(Cc3ccc(F)c(F)c3)C2=O)cnc1-n1cnc(C)c1. The Balaban J connectivity index is 1.56. The first-order valence-electron chi connectivity index (χ1n) is 9.93. The van der Waals surface area contributed by atoms with E-state index in [-0.39, 0.29) is 12.5 Å². The zero-order valence-electron chi connectivity index (χ0n) is 17.3. The number of imidazole rings is 1. The van der Waals surface area contributed by atoms with Crippen LogP contribution < -0.4 is 4.74 Å². The van der Waals surface area contributed by atoms with E-state index in [1.54, 1.807) is 35.2 Å². The van der Waals surface area contributed by atoms with Gasteiger partial charge >= 0.3 is 0 Å². The summed E-state index contributed by atoms with van der Waals surface area (Å²) in [6, 6.07) is 5.53. The molecule has 0 unspecified atom stereocenters. The lowest BCUT2D eigenvalue weighted by molar-refractivity contribution is -0.129. The van der Waals surface area contributed by atoms with E-state index in [1.807, 2.05) is 19.2 Å². The highest BCUT2D eigenvalue weighted by Crippen LogP contribution is 2.26. The fraction of sp³-hybridized carbons (Fsp3) is 0.261. The number of ether oxygens (including phenoxy) is 1. The van der Waals surface area contributed by atoms with Gasteiger partial charge in [0.1, 0.15) is 6.33 Å². The van der Waals surface area contributed by atoms with Crippen LogP contribution in [0.25, 0.3) is 11.9 Å². The number of nitrogens with zero attached hydrogens (tertiary/aromatic N) is 4. The van der Waals surface area contributed by atoms with E-state index in [2.05, 4.69) is 9.97 Å². The number of hydrogen-bond donors (Lipinski definition) is 0. The lowest BCUT2D eigenvalue weighted by atomic mass is 10.0. The van der Waals surface area contributed by atoms with Crippen molar-refractivity contribution in [1.29, 1.82) is 0 Å². The Morgan fingerprint density at radius 3 is 2.74 bits per heavy atom. The van der Waals surface area contributed by atoms with Crippen molar-refractivity contribution in [2.45, 2.75) is 26.3 Å². The van der Waals surface area contributed by atoms with Crippen molar-refractivity contribution in [3.8, 4) is 11.6 Å². The molecule has 0 bridgehead atoms. The number of rotatable bonds is 5. The molecule has 0 aliphatic carbocycles. The molecule has 0 atom stereocenters. The molecule has 1 fully saturated rings. The molecule has 0 radical (unpaired) electrons. The van der Waals surface area contributed by atoms with Crippen molar-refractivity contribution in [2.24, 2.45) is 0 Å². The van der Waals surface area contributed by atoms with Crippen molar-refractivity contribution in [3.05, 3.63) is 77.0 Å². The number of likely N-dealkylation sites (tertiary alicyclic amines) is 1. The van der Waals surface area contributed by atoms with Crippen LogP contribution in [0.2, 0.25) is 0 Å². The Morgan fingerprint density at radius 1 is 1.19 bits per heavy atom. The van der Waals surface area contributed by atoms with Gasteiger partial charge in [0.2, 0.25) is 5.91 Å². The van der Waals surface area contributed by atoms with Gasteiger partial charge in [0.25, 0.3) is 0 Å². The van der Waals surface area contributed by atoms with Crippen LogP contribution in [0.1, 0.15) is 29.7 Å². The van der Waals surface area contributed by atoms with Crippen molar-refractivity contribution in [2.75, 3.05) is 13.7 Å². The molecule has 31 heavy (non-hydrogen) atoms. The molecule has 1 amide bonds. The highest BCUT2D eigenvalue weighted by Gasteiger charge is 2.23. The standard InChI is InChI=1S/C23H22F2N4O2/c1-15-12-29(14-27-15)22-21(31-2)10-17(11-26-22)8-18-4-3-7-28(23(18)30)13-16-5-6-19(24)20(25)9-16/h5-6,8-12,14H,3-4,7,13H2,1-2H3. The van der Waals surface area contributed by atoms with Gasteiger partial charge in [-0.3, -0.25) is 9.36 Å². The number of amides is 1. The molecule has 1 aliphatic heterocycles. The van der Waals surface area contributed by atoms with E-state index < -0.39 is 11.6 Å². The number of hydrogen-bond acceptors (Lipinski definition) is 4. The summed E-state index contributed by atoms with van der Waals surface area (Å²) in [5.74, 6) is -0.757. The maximum absolute atomic E-state index is 13.5. The van der Waals surface area contributed by atoms with Crippen molar-refractivity contribution >= 4 is 12.0 Å². The van der Waals surface area contributed by atoms with E-state index >= 15 is 0 Å². The molecule has 8 heteroatoms. The Hall–Kier alpha value is -3.55. The monoisotopic (exact) mass is 424 g/mol. The molecule has 160 valence electrons. The summed E-state index contributed by atoms with van der Waals surface area (Å²) in [6.07, 6.45) is 8.43. The topological polar surface area (TPSA) is 60.2 Å². The largest absolute Gasteiger partial charge is 0.493 e. The minimum absolute atomic E-state index is 0.121. The molecule has 6 nitrogen and oxygen atoms in total. The number of benzene rings is 1. The number of piperidine rings is 1. The van der Waals surface area contributed by atoms with Gasteiger partial charge in [-0.1, -0.05) is 6.07 Å². The van der Waals surface area contributed by atoms with Crippen LogP contribution >= 0.6 is 0 Å². The third kappa shape index (κ3) is 4.47. The normalized spacial score (nSPS) is 15.5. The zero-order chi connectivity index (χ0) is 22.0. The molecule has 3 aromatic rings. The predicted molar refractivity (Wildman–Crippen MR) is 112 cm³/mol. The molecular weight excluding hydrogens is 402 g/mol. The molecule has 3 heterocycles. The van der Waals surface area contributed by atoms with Crippen LogP contribution in [0.3, 0.4) is 0 Å². The summed E-state index contributed by atoms with van der Waals surface area (Å²) in [4.78, 5) is 23.3. The first-order chi connectivity index (χ1) is 14.9. The van der Waals surface area contributed by atoms with Crippen molar-refractivity contribution in [3.63, 3.8) is 0 Å². The number of carbonyl (C=O) groups is 1. The van der Waals surface area contributed by atoms with E-state index in [9.17, 15) is 13.6 Å². The molecular formula is C23H22F2N4O2. The molecule has 0 N–H and O–H groups in total. The van der Waals surface area contributed by atoms with Gasteiger partial charge in [-0.2, -0.15) is 0 Å². The van der Waals surface area contributed by atoms with E-state index in [1.165, 1.54) is 6.07 Å². The van der Waals surface area contributed by atoms with E-state index in [0.29, 0.717) is 35.7 Å². The summed E-state index contributed by atoms with van der Waals surface area (Å²) in [7, 11) is 1.57. The second-order valence-corrected chi connectivity index (χ2v) is 7.47. The molecule has 0 saturated carbocycles. The molecule has 4 rings (SSSR count). The van der Waals surface area contributed by atoms with Gasteiger partial charge in [-0.15, -0.1) is 0 Å². The Kier molecular flexibility index (Phi) is 5.79. The summed E-state index contributed by atoms with van der Waals surface area (Å²) in [5.41, 5.74) is 2.81. The van der Waals surface area contributed by atoms with E-state index in [4.69, 9.17) is 4.74 Å². The van der Waals surface area contributed by atoms with Gasteiger partial charge in [-0.25, -0.2) is 18.7 Å². The second kappa shape index (κ2) is 8.67.